The quantitative estimate of drug-likeness (QED) is 0.732. The molecule has 1 fully saturated rings. The van der Waals surface area contributed by atoms with Crippen molar-refractivity contribution in [3.8, 4) is 0 Å². The van der Waals surface area contributed by atoms with E-state index < -0.39 is 6.04 Å². The van der Waals surface area contributed by atoms with Gasteiger partial charge in [0.2, 0.25) is 5.91 Å². The van der Waals surface area contributed by atoms with Crippen molar-refractivity contribution in [1.82, 2.24) is 10.6 Å². The van der Waals surface area contributed by atoms with Crippen molar-refractivity contribution in [2.75, 3.05) is 23.8 Å². The van der Waals surface area contributed by atoms with Crippen LogP contribution in [0, 0.1) is 0 Å². The van der Waals surface area contributed by atoms with Gasteiger partial charge >= 0.3 is 0 Å². The number of rotatable bonds is 7. The number of thioether (sulfide) groups is 2. The molecule has 2 unspecified atom stereocenters. The number of carbonyl (C=O) groups excluding carboxylic acids is 2. The Kier molecular flexibility index (Phi) is 7.28. The standard InChI is InChI=1S/C19H24N2O2S3/c1-2-5-15(18(22)20-11-14-12-24-8-9-25-14)21-19(23)17-10-13-6-3-4-7-16(13)26-17/h3-4,6-7,10,14-15H,2,5,8-9,11-12H2,1H3,(H,20,22)(H,21,23). The lowest BCUT2D eigenvalue weighted by atomic mass is 10.1. The van der Waals surface area contributed by atoms with Gasteiger partial charge < -0.3 is 10.6 Å². The molecule has 2 atom stereocenters. The van der Waals surface area contributed by atoms with Gasteiger partial charge in [-0.25, -0.2) is 0 Å². The summed E-state index contributed by atoms with van der Waals surface area (Å²) in [4.78, 5) is 25.9. The Morgan fingerprint density at radius 2 is 2.12 bits per heavy atom. The van der Waals surface area contributed by atoms with Gasteiger partial charge in [0.15, 0.2) is 0 Å². The van der Waals surface area contributed by atoms with E-state index in [-0.39, 0.29) is 11.8 Å². The van der Waals surface area contributed by atoms with E-state index in [0.717, 1.165) is 28.0 Å². The zero-order valence-corrected chi connectivity index (χ0v) is 17.3. The highest BCUT2D eigenvalue weighted by molar-refractivity contribution is 8.06. The molecular formula is C19H24N2O2S3. The Morgan fingerprint density at radius 3 is 2.85 bits per heavy atom. The van der Waals surface area contributed by atoms with Gasteiger partial charge in [0.1, 0.15) is 6.04 Å². The third-order valence-electron chi connectivity index (χ3n) is 4.24. The summed E-state index contributed by atoms with van der Waals surface area (Å²) in [5, 5.41) is 7.50. The average molecular weight is 409 g/mol. The molecule has 26 heavy (non-hydrogen) atoms. The van der Waals surface area contributed by atoms with Crippen LogP contribution in [0.15, 0.2) is 30.3 Å². The fourth-order valence-electron chi connectivity index (χ4n) is 2.87. The molecule has 2 heterocycles. The first-order chi connectivity index (χ1) is 12.7. The molecule has 0 bridgehead atoms. The molecule has 1 aromatic heterocycles. The molecule has 1 aromatic carbocycles. The summed E-state index contributed by atoms with van der Waals surface area (Å²) in [5.41, 5.74) is 0. The summed E-state index contributed by atoms with van der Waals surface area (Å²) in [6.07, 6.45) is 1.49. The maximum atomic E-state index is 12.6. The minimum Gasteiger partial charge on any atom is -0.353 e. The van der Waals surface area contributed by atoms with Crippen molar-refractivity contribution >= 4 is 56.8 Å². The highest BCUT2D eigenvalue weighted by Gasteiger charge is 2.23. The molecule has 7 heteroatoms. The molecule has 0 radical (unpaired) electrons. The van der Waals surface area contributed by atoms with Gasteiger partial charge in [-0.1, -0.05) is 31.5 Å². The highest BCUT2D eigenvalue weighted by atomic mass is 32.2. The zero-order chi connectivity index (χ0) is 18.4. The molecule has 0 spiro atoms. The fraction of sp³-hybridized carbons (Fsp3) is 0.474. The lowest BCUT2D eigenvalue weighted by molar-refractivity contribution is -0.123. The molecule has 3 rings (SSSR count). The van der Waals surface area contributed by atoms with Crippen LogP contribution in [-0.4, -0.2) is 46.9 Å². The second-order valence-electron chi connectivity index (χ2n) is 6.28. The van der Waals surface area contributed by atoms with Gasteiger partial charge in [-0.3, -0.25) is 9.59 Å². The van der Waals surface area contributed by atoms with Gasteiger partial charge in [-0.05, 0) is 23.9 Å². The summed E-state index contributed by atoms with van der Waals surface area (Å²) in [7, 11) is 0. The van der Waals surface area contributed by atoms with Crippen LogP contribution in [0.25, 0.3) is 10.1 Å². The van der Waals surface area contributed by atoms with Crippen LogP contribution in [-0.2, 0) is 4.79 Å². The number of amides is 2. The first kappa shape index (κ1) is 19.6. The van der Waals surface area contributed by atoms with Gasteiger partial charge in [0, 0.05) is 33.8 Å². The third kappa shape index (κ3) is 5.18. The number of hydrogen-bond acceptors (Lipinski definition) is 5. The minimum absolute atomic E-state index is 0.0718. The van der Waals surface area contributed by atoms with E-state index in [0.29, 0.717) is 23.1 Å². The predicted octanol–water partition coefficient (Wildman–Crippen LogP) is 3.76. The lowest BCUT2D eigenvalue weighted by Crippen LogP contribution is -2.48. The van der Waals surface area contributed by atoms with Crippen LogP contribution >= 0.6 is 34.9 Å². The summed E-state index contributed by atoms with van der Waals surface area (Å²) in [6, 6.07) is 9.36. The van der Waals surface area contributed by atoms with Crippen LogP contribution in [0.2, 0.25) is 0 Å². The second kappa shape index (κ2) is 9.67. The Hall–Kier alpha value is -1.18. The molecule has 0 aliphatic carbocycles. The maximum absolute atomic E-state index is 12.6. The van der Waals surface area contributed by atoms with Crippen molar-refractivity contribution in [2.45, 2.75) is 31.1 Å². The SMILES string of the molecule is CCCC(NC(=O)c1cc2ccccc2s1)C(=O)NCC1CSCCS1. The molecule has 2 amide bonds. The zero-order valence-electron chi connectivity index (χ0n) is 14.8. The molecule has 0 saturated carbocycles. The molecule has 1 saturated heterocycles. The summed E-state index contributed by atoms with van der Waals surface area (Å²) in [6.45, 7) is 2.70. The molecule has 2 N–H and O–H groups in total. The minimum atomic E-state index is -0.473. The van der Waals surface area contributed by atoms with Gasteiger partial charge in [0.05, 0.1) is 4.88 Å². The summed E-state index contributed by atoms with van der Waals surface area (Å²) < 4.78 is 1.08. The topological polar surface area (TPSA) is 58.2 Å². The monoisotopic (exact) mass is 408 g/mol. The first-order valence-corrected chi connectivity index (χ1v) is 12.0. The van der Waals surface area contributed by atoms with E-state index in [1.54, 1.807) is 0 Å². The Labute approximate surface area is 166 Å². The van der Waals surface area contributed by atoms with E-state index >= 15 is 0 Å². The smallest absolute Gasteiger partial charge is 0.262 e. The Bertz CT molecular complexity index is 723. The summed E-state index contributed by atoms with van der Waals surface area (Å²) in [5.74, 6) is 3.18. The largest absolute Gasteiger partial charge is 0.353 e. The number of hydrogen-bond donors (Lipinski definition) is 2. The number of benzene rings is 1. The van der Waals surface area contributed by atoms with Crippen molar-refractivity contribution < 1.29 is 9.59 Å². The average Bonchev–Trinajstić information content (AvgIpc) is 3.11. The molecule has 1 aliphatic rings. The van der Waals surface area contributed by atoms with E-state index in [1.807, 2.05) is 60.8 Å². The third-order valence-corrected chi connectivity index (χ3v) is 8.20. The lowest BCUT2D eigenvalue weighted by Gasteiger charge is -2.23. The molecule has 1 aliphatic heterocycles. The van der Waals surface area contributed by atoms with Crippen molar-refractivity contribution in [1.29, 1.82) is 0 Å². The highest BCUT2D eigenvalue weighted by Crippen LogP contribution is 2.25. The summed E-state index contributed by atoms with van der Waals surface area (Å²) >= 11 is 5.33. The van der Waals surface area contributed by atoms with Crippen LogP contribution in [0.3, 0.4) is 0 Å². The van der Waals surface area contributed by atoms with Crippen LogP contribution in [0.5, 0.6) is 0 Å². The van der Waals surface area contributed by atoms with E-state index in [4.69, 9.17) is 0 Å². The maximum Gasteiger partial charge on any atom is 0.262 e. The number of nitrogens with one attached hydrogen (secondary N) is 2. The Morgan fingerprint density at radius 1 is 1.27 bits per heavy atom. The fourth-order valence-corrected chi connectivity index (χ4v) is 6.45. The van der Waals surface area contributed by atoms with E-state index in [1.165, 1.54) is 17.1 Å². The molecule has 2 aromatic rings. The van der Waals surface area contributed by atoms with Gasteiger partial charge in [-0.15, -0.1) is 11.3 Å². The van der Waals surface area contributed by atoms with E-state index in [9.17, 15) is 9.59 Å². The second-order valence-corrected chi connectivity index (χ2v) is 9.92. The predicted molar refractivity (Wildman–Crippen MR) is 115 cm³/mol. The number of carbonyl (C=O) groups is 2. The molecule has 140 valence electrons. The van der Waals surface area contributed by atoms with Crippen molar-refractivity contribution in [2.24, 2.45) is 0 Å². The van der Waals surface area contributed by atoms with Crippen LogP contribution < -0.4 is 10.6 Å². The number of fused-ring (bicyclic) bond motifs is 1. The van der Waals surface area contributed by atoms with Crippen LogP contribution in [0.1, 0.15) is 29.4 Å². The normalized spacial score (nSPS) is 18.4. The van der Waals surface area contributed by atoms with Crippen LogP contribution in [0.4, 0.5) is 0 Å². The number of thiophene rings is 1. The molecule has 4 nitrogen and oxygen atoms in total. The van der Waals surface area contributed by atoms with Gasteiger partial charge in [0.25, 0.3) is 5.91 Å². The Balaban J connectivity index is 1.59. The van der Waals surface area contributed by atoms with Gasteiger partial charge in [-0.2, -0.15) is 23.5 Å². The van der Waals surface area contributed by atoms with E-state index in [2.05, 4.69) is 10.6 Å². The van der Waals surface area contributed by atoms with Crippen molar-refractivity contribution in [3.05, 3.63) is 35.2 Å². The van der Waals surface area contributed by atoms with Crippen molar-refractivity contribution in [3.63, 3.8) is 0 Å². The first-order valence-electron chi connectivity index (χ1n) is 8.94. The molecular weight excluding hydrogens is 384 g/mol.